The molecule has 3 aromatic rings. The van der Waals surface area contributed by atoms with Crippen molar-refractivity contribution in [1.29, 1.82) is 0 Å². The maximum Gasteiger partial charge on any atom is 0.281 e. The van der Waals surface area contributed by atoms with Gasteiger partial charge in [0.15, 0.2) is 4.80 Å². The first-order valence-corrected chi connectivity index (χ1v) is 9.56. The molecule has 2 aromatic carbocycles. The molecule has 1 amide bonds. The number of aryl methyl sites for hydroxylation is 1. The van der Waals surface area contributed by atoms with Gasteiger partial charge in [0.1, 0.15) is 5.82 Å². The van der Waals surface area contributed by atoms with E-state index in [1.165, 1.54) is 23.5 Å². The topological polar surface area (TPSA) is 34.4 Å². The summed E-state index contributed by atoms with van der Waals surface area (Å²) in [6, 6.07) is 13.3. The molecule has 3 nitrogen and oxygen atoms in total. The molecule has 0 saturated heterocycles. The smallest absolute Gasteiger partial charge is 0.281 e. The van der Waals surface area contributed by atoms with Gasteiger partial charge in [-0.15, -0.1) is 11.3 Å². The Bertz CT molecular complexity index is 1010. The SMILES string of the molecule is CCc1sc(=NC(=O)c2ccccc2Cl)n(CC)c1-c1ccc(F)cc1. The van der Waals surface area contributed by atoms with Crippen LogP contribution < -0.4 is 4.80 Å². The van der Waals surface area contributed by atoms with Gasteiger partial charge in [-0.1, -0.05) is 30.7 Å². The van der Waals surface area contributed by atoms with Crippen LogP contribution in [-0.2, 0) is 13.0 Å². The number of nitrogens with zero attached hydrogens (tertiary/aromatic N) is 2. The van der Waals surface area contributed by atoms with Crippen molar-refractivity contribution in [3.63, 3.8) is 0 Å². The predicted molar refractivity (Wildman–Crippen MR) is 104 cm³/mol. The molecular weight excluding hydrogens is 371 g/mol. The lowest BCUT2D eigenvalue weighted by molar-refractivity contribution is 0.0998. The third kappa shape index (κ3) is 3.64. The normalized spacial score (nSPS) is 11.8. The Balaban J connectivity index is 2.15. The zero-order valence-electron chi connectivity index (χ0n) is 14.5. The maximum atomic E-state index is 13.3. The zero-order valence-corrected chi connectivity index (χ0v) is 16.1. The molecule has 0 fully saturated rings. The highest BCUT2D eigenvalue weighted by molar-refractivity contribution is 7.09. The van der Waals surface area contributed by atoms with Gasteiger partial charge in [0.2, 0.25) is 0 Å². The minimum absolute atomic E-state index is 0.274. The lowest BCUT2D eigenvalue weighted by Gasteiger charge is -2.08. The minimum atomic E-state index is -0.368. The molecule has 0 saturated carbocycles. The second-order valence-electron chi connectivity index (χ2n) is 5.66. The van der Waals surface area contributed by atoms with E-state index in [1.807, 2.05) is 11.5 Å². The summed E-state index contributed by atoms with van der Waals surface area (Å²) in [6.07, 6.45) is 0.799. The van der Waals surface area contributed by atoms with Gasteiger partial charge < -0.3 is 4.57 Å². The van der Waals surface area contributed by atoms with Gasteiger partial charge in [0, 0.05) is 11.4 Å². The molecule has 1 aromatic heterocycles. The van der Waals surface area contributed by atoms with Gasteiger partial charge in [-0.25, -0.2) is 4.39 Å². The van der Waals surface area contributed by atoms with Crippen LogP contribution in [0, 0.1) is 5.82 Å². The highest BCUT2D eigenvalue weighted by Crippen LogP contribution is 2.27. The number of carbonyl (C=O) groups excluding carboxylic acids is 1. The molecule has 0 unspecified atom stereocenters. The van der Waals surface area contributed by atoms with Gasteiger partial charge in [-0.05, 0) is 55.3 Å². The Morgan fingerprint density at radius 1 is 1.15 bits per heavy atom. The lowest BCUT2D eigenvalue weighted by Crippen LogP contribution is -2.17. The van der Waals surface area contributed by atoms with E-state index in [4.69, 9.17) is 11.6 Å². The number of thiazole rings is 1. The number of carbonyl (C=O) groups is 1. The fourth-order valence-electron chi connectivity index (χ4n) is 2.78. The Hall–Kier alpha value is -2.24. The second-order valence-corrected chi connectivity index (χ2v) is 7.13. The molecule has 1 heterocycles. The van der Waals surface area contributed by atoms with Crippen LogP contribution in [0.4, 0.5) is 4.39 Å². The fourth-order valence-corrected chi connectivity index (χ4v) is 4.15. The van der Waals surface area contributed by atoms with Crippen LogP contribution in [0.25, 0.3) is 11.3 Å². The van der Waals surface area contributed by atoms with Gasteiger partial charge >= 0.3 is 0 Å². The zero-order chi connectivity index (χ0) is 18.7. The highest BCUT2D eigenvalue weighted by atomic mass is 35.5. The van der Waals surface area contributed by atoms with Crippen LogP contribution >= 0.6 is 22.9 Å². The van der Waals surface area contributed by atoms with E-state index in [1.54, 1.807) is 36.4 Å². The van der Waals surface area contributed by atoms with Crippen LogP contribution in [0.3, 0.4) is 0 Å². The third-order valence-electron chi connectivity index (χ3n) is 4.04. The summed E-state index contributed by atoms with van der Waals surface area (Å²) in [5.74, 6) is -0.642. The number of hydrogen-bond acceptors (Lipinski definition) is 2. The number of benzene rings is 2. The summed E-state index contributed by atoms with van der Waals surface area (Å²) >= 11 is 7.59. The minimum Gasteiger partial charge on any atom is -0.316 e. The third-order valence-corrected chi connectivity index (χ3v) is 5.59. The first-order chi connectivity index (χ1) is 12.5. The van der Waals surface area contributed by atoms with Crippen molar-refractivity contribution in [1.82, 2.24) is 4.57 Å². The van der Waals surface area contributed by atoms with E-state index in [0.29, 0.717) is 21.9 Å². The Morgan fingerprint density at radius 2 is 1.85 bits per heavy atom. The molecule has 0 radical (unpaired) electrons. The summed E-state index contributed by atoms with van der Waals surface area (Å²) in [7, 11) is 0. The standard InChI is InChI=1S/C20H18ClFN2OS/c1-3-17-18(13-9-11-14(22)12-10-13)24(4-2)20(26-17)23-19(25)15-7-5-6-8-16(15)21/h5-12H,3-4H2,1-2H3. The van der Waals surface area contributed by atoms with Gasteiger partial charge in [-0.3, -0.25) is 4.79 Å². The Labute approximate surface area is 160 Å². The number of aromatic nitrogens is 1. The van der Waals surface area contributed by atoms with Crippen molar-refractivity contribution in [2.45, 2.75) is 26.8 Å². The molecular formula is C20H18ClFN2OS. The quantitative estimate of drug-likeness (QED) is 0.594. The van der Waals surface area contributed by atoms with E-state index in [0.717, 1.165) is 22.6 Å². The maximum absolute atomic E-state index is 13.3. The molecule has 134 valence electrons. The predicted octanol–water partition coefficient (Wildman–Crippen LogP) is 5.33. The monoisotopic (exact) mass is 388 g/mol. The van der Waals surface area contributed by atoms with E-state index >= 15 is 0 Å². The summed E-state index contributed by atoms with van der Waals surface area (Å²) in [5.41, 5.74) is 2.27. The first-order valence-electron chi connectivity index (χ1n) is 8.37. The highest BCUT2D eigenvalue weighted by Gasteiger charge is 2.15. The van der Waals surface area contributed by atoms with E-state index in [2.05, 4.69) is 11.9 Å². The van der Waals surface area contributed by atoms with Crippen molar-refractivity contribution in [2.24, 2.45) is 4.99 Å². The summed E-state index contributed by atoms with van der Waals surface area (Å²) in [6.45, 7) is 4.70. The molecule has 0 spiro atoms. The molecule has 0 aliphatic rings. The second kappa shape index (κ2) is 7.98. The molecule has 26 heavy (non-hydrogen) atoms. The Kier molecular flexibility index (Phi) is 5.69. The molecule has 0 aliphatic carbocycles. The molecule has 3 rings (SSSR count). The lowest BCUT2D eigenvalue weighted by atomic mass is 10.1. The fraction of sp³-hybridized carbons (Fsp3) is 0.200. The molecule has 0 aliphatic heterocycles. The summed E-state index contributed by atoms with van der Waals surface area (Å²) in [4.78, 5) is 18.6. The van der Waals surface area contributed by atoms with Crippen molar-refractivity contribution in [3.05, 3.63) is 74.6 Å². The van der Waals surface area contributed by atoms with Gasteiger partial charge in [0.05, 0.1) is 16.3 Å². The molecule has 0 N–H and O–H groups in total. The van der Waals surface area contributed by atoms with Crippen molar-refractivity contribution >= 4 is 28.8 Å². The molecule has 6 heteroatoms. The largest absolute Gasteiger partial charge is 0.316 e. The van der Waals surface area contributed by atoms with Crippen LogP contribution in [-0.4, -0.2) is 10.5 Å². The number of halogens is 2. The van der Waals surface area contributed by atoms with E-state index in [9.17, 15) is 9.18 Å². The van der Waals surface area contributed by atoms with Crippen LogP contribution in [0.5, 0.6) is 0 Å². The number of amides is 1. The average molecular weight is 389 g/mol. The Morgan fingerprint density at radius 3 is 2.46 bits per heavy atom. The van der Waals surface area contributed by atoms with E-state index in [-0.39, 0.29) is 11.7 Å². The van der Waals surface area contributed by atoms with Crippen LogP contribution in [0.1, 0.15) is 29.1 Å². The number of rotatable bonds is 4. The molecule has 0 bridgehead atoms. The summed E-state index contributed by atoms with van der Waals surface area (Å²) in [5, 5.41) is 0.385. The number of hydrogen-bond donors (Lipinski definition) is 0. The van der Waals surface area contributed by atoms with Crippen molar-refractivity contribution in [2.75, 3.05) is 0 Å². The van der Waals surface area contributed by atoms with Crippen molar-refractivity contribution < 1.29 is 9.18 Å². The van der Waals surface area contributed by atoms with Crippen molar-refractivity contribution in [3.8, 4) is 11.3 Å². The van der Waals surface area contributed by atoms with E-state index < -0.39 is 0 Å². The van der Waals surface area contributed by atoms with Gasteiger partial charge in [0.25, 0.3) is 5.91 Å². The van der Waals surface area contributed by atoms with Crippen LogP contribution in [0.2, 0.25) is 5.02 Å². The van der Waals surface area contributed by atoms with Crippen LogP contribution in [0.15, 0.2) is 53.5 Å². The first kappa shape index (κ1) is 18.5. The summed E-state index contributed by atoms with van der Waals surface area (Å²) < 4.78 is 15.3. The average Bonchev–Trinajstić information content (AvgIpc) is 3.00. The van der Waals surface area contributed by atoms with Gasteiger partial charge in [-0.2, -0.15) is 4.99 Å². The molecule has 0 atom stereocenters.